The molecule has 1 aliphatic carbocycles. The molecule has 1 aromatic rings. The first-order valence-corrected chi connectivity index (χ1v) is 7.31. The summed E-state index contributed by atoms with van der Waals surface area (Å²) in [6.07, 6.45) is 3.89. The third kappa shape index (κ3) is 3.62. The third-order valence-electron chi connectivity index (χ3n) is 3.84. The highest BCUT2D eigenvalue weighted by Gasteiger charge is 2.24. The van der Waals surface area contributed by atoms with E-state index in [-0.39, 0.29) is 0 Å². The summed E-state index contributed by atoms with van der Waals surface area (Å²) in [4.78, 5) is 2.35. The Labute approximate surface area is 120 Å². The first kappa shape index (κ1) is 14.6. The van der Waals surface area contributed by atoms with Gasteiger partial charge in [-0.1, -0.05) is 23.7 Å². The normalized spacial score (nSPS) is 15.3. The van der Waals surface area contributed by atoms with Crippen molar-refractivity contribution in [2.75, 3.05) is 32.2 Å². The number of nitrogens with one attached hydrogen (secondary N) is 1. The lowest BCUT2D eigenvalue weighted by Crippen LogP contribution is -2.38. The van der Waals surface area contributed by atoms with Crippen molar-refractivity contribution in [2.45, 2.75) is 31.8 Å². The molecule has 106 valence electrons. The van der Waals surface area contributed by atoms with Gasteiger partial charge in [-0.15, -0.1) is 0 Å². The largest absolute Gasteiger partial charge is 0.383 e. The summed E-state index contributed by atoms with van der Waals surface area (Å²) in [6, 6.07) is 6.80. The fraction of sp³-hybridized carbons (Fsp3) is 0.600. The maximum Gasteiger partial charge on any atom is 0.0642 e. The van der Waals surface area contributed by atoms with Crippen molar-refractivity contribution in [2.24, 2.45) is 0 Å². The van der Waals surface area contributed by atoms with E-state index in [0.29, 0.717) is 6.04 Å². The quantitative estimate of drug-likeness (QED) is 0.778. The molecule has 1 saturated carbocycles. The molecular formula is C15H23ClN2O. The maximum absolute atomic E-state index is 6.40. The second-order valence-electron chi connectivity index (χ2n) is 5.11. The number of para-hydroxylation sites is 1. The Hall–Kier alpha value is -0.770. The predicted octanol–water partition coefficient (Wildman–Crippen LogP) is 3.06. The molecule has 3 nitrogen and oxygen atoms in total. The fourth-order valence-corrected chi connectivity index (χ4v) is 2.78. The van der Waals surface area contributed by atoms with Crippen LogP contribution in [0, 0.1) is 0 Å². The average molecular weight is 283 g/mol. The monoisotopic (exact) mass is 282 g/mol. The van der Waals surface area contributed by atoms with Crippen molar-refractivity contribution in [3.8, 4) is 0 Å². The van der Waals surface area contributed by atoms with E-state index in [4.69, 9.17) is 16.3 Å². The molecule has 1 aromatic carbocycles. The number of hydrogen-bond donors (Lipinski definition) is 1. The smallest absolute Gasteiger partial charge is 0.0642 e. The third-order valence-corrected chi connectivity index (χ3v) is 4.15. The van der Waals surface area contributed by atoms with Crippen LogP contribution in [0.2, 0.25) is 5.02 Å². The second kappa shape index (κ2) is 7.13. The summed E-state index contributed by atoms with van der Waals surface area (Å²) in [5.41, 5.74) is 2.44. The Balaban J connectivity index is 2.06. The maximum atomic E-state index is 6.40. The molecule has 1 fully saturated rings. The molecule has 0 spiro atoms. The van der Waals surface area contributed by atoms with Crippen LogP contribution in [-0.4, -0.2) is 33.4 Å². The molecule has 1 aliphatic rings. The van der Waals surface area contributed by atoms with Gasteiger partial charge in [-0.2, -0.15) is 0 Å². The molecule has 2 rings (SSSR count). The van der Waals surface area contributed by atoms with E-state index >= 15 is 0 Å². The van der Waals surface area contributed by atoms with Gasteiger partial charge < -0.3 is 15.0 Å². The number of benzene rings is 1. The van der Waals surface area contributed by atoms with Gasteiger partial charge in [-0.05, 0) is 30.9 Å². The zero-order valence-electron chi connectivity index (χ0n) is 11.8. The van der Waals surface area contributed by atoms with Gasteiger partial charge in [-0.3, -0.25) is 0 Å². The molecule has 19 heavy (non-hydrogen) atoms. The molecule has 0 saturated heterocycles. The van der Waals surface area contributed by atoms with Crippen LogP contribution in [0.15, 0.2) is 18.2 Å². The van der Waals surface area contributed by atoms with Crippen molar-refractivity contribution >= 4 is 17.3 Å². The molecule has 0 atom stereocenters. The second-order valence-corrected chi connectivity index (χ2v) is 5.52. The highest BCUT2D eigenvalue weighted by molar-refractivity contribution is 6.33. The van der Waals surface area contributed by atoms with E-state index in [2.05, 4.69) is 23.3 Å². The van der Waals surface area contributed by atoms with Crippen molar-refractivity contribution in [1.82, 2.24) is 5.32 Å². The first-order chi connectivity index (χ1) is 9.24. The summed E-state index contributed by atoms with van der Waals surface area (Å²) in [5, 5.41) is 4.24. The molecule has 0 heterocycles. The average Bonchev–Trinajstić information content (AvgIpc) is 2.32. The van der Waals surface area contributed by atoms with Crippen molar-refractivity contribution in [1.29, 1.82) is 0 Å². The summed E-state index contributed by atoms with van der Waals surface area (Å²) in [7, 11) is 3.88. The van der Waals surface area contributed by atoms with Crippen molar-refractivity contribution < 1.29 is 4.74 Å². The lowest BCUT2D eigenvalue weighted by molar-refractivity contribution is 0.199. The van der Waals surface area contributed by atoms with Gasteiger partial charge in [0.1, 0.15) is 0 Å². The number of hydrogen-bond acceptors (Lipinski definition) is 3. The molecule has 0 aliphatic heterocycles. The van der Waals surface area contributed by atoms with E-state index in [1.54, 1.807) is 7.11 Å². The Morgan fingerprint density at radius 2 is 2.21 bits per heavy atom. The van der Waals surface area contributed by atoms with Gasteiger partial charge in [0.25, 0.3) is 0 Å². The van der Waals surface area contributed by atoms with Crippen LogP contribution in [0.5, 0.6) is 0 Å². The van der Waals surface area contributed by atoms with Crippen LogP contribution in [0.3, 0.4) is 0 Å². The van der Waals surface area contributed by atoms with E-state index in [0.717, 1.165) is 24.7 Å². The Bertz CT molecular complexity index is 407. The molecular weight excluding hydrogens is 260 g/mol. The highest BCUT2D eigenvalue weighted by Crippen LogP contribution is 2.35. The van der Waals surface area contributed by atoms with Gasteiger partial charge in [0, 0.05) is 33.3 Å². The van der Waals surface area contributed by atoms with E-state index < -0.39 is 0 Å². The Morgan fingerprint density at radius 1 is 1.42 bits per heavy atom. The molecule has 1 N–H and O–H groups in total. The van der Waals surface area contributed by atoms with Gasteiger partial charge in [0.05, 0.1) is 17.3 Å². The fourth-order valence-electron chi connectivity index (χ4n) is 2.45. The van der Waals surface area contributed by atoms with Gasteiger partial charge in [-0.25, -0.2) is 0 Å². The van der Waals surface area contributed by atoms with E-state index in [1.807, 2.05) is 12.1 Å². The molecule has 0 unspecified atom stereocenters. The summed E-state index contributed by atoms with van der Waals surface area (Å²) < 4.78 is 5.05. The summed E-state index contributed by atoms with van der Waals surface area (Å²) >= 11 is 6.40. The topological polar surface area (TPSA) is 24.5 Å². The van der Waals surface area contributed by atoms with Crippen LogP contribution >= 0.6 is 11.6 Å². The number of nitrogens with zero attached hydrogens (tertiary/aromatic N) is 1. The van der Waals surface area contributed by atoms with Gasteiger partial charge in [0.15, 0.2) is 0 Å². The first-order valence-electron chi connectivity index (χ1n) is 6.94. The van der Waals surface area contributed by atoms with E-state index in [1.165, 1.54) is 30.5 Å². The predicted molar refractivity (Wildman–Crippen MR) is 81.1 cm³/mol. The van der Waals surface area contributed by atoms with Crippen molar-refractivity contribution in [3.05, 3.63) is 28.8 Å². The lowest BCUT2D eigenvalue weighted by atomic mass is 9.91. The number of rotatable bonds is 7. The standard InChI is InChI=1S/C15H23ClN2O/c1-18(13-6-4-7-13)15-12(5-3-8-14(15)16)11-17-9-10-19-2/h3,5,8,13,17H,4,6-7,9-11H2,1-2H3. The summed E-state index contributed by atoms with van der Waals surface area (Å²) in [5.74, 6) is 0. The molecule has 0 aromatic heterocycles. The van der Waals surface area contributed by atoms with Gasteiger partial charge >= 0.3 is 0 Å². The minimum absolute atomic E-state index is 0.651. The molecule has 4 heteroatoms. The lowest BCUT2D eigenvalue weighted by Gasteiger charge is -2.38. The molecule has 0 radical (unpaired) electrons. The zero-order valence-corrected chi connectivity index (χ0v) is 12.5. The number of halogens is 1. The van der Waals surface area contributed by atoms with Crippen LogP contribution in [-0.2, 0) is 11.3 Å². The van der Waals surface area contributed by atoms with E-state index in [9.17, 15) is 0 Å². The summed E-state index contributed by atoms with van der Waals surface area (Å²) in [6.45, 7) is 2.42. The van der Waals surface area contributed by atoms with Crippen LogP contribution in [0.1, 0.15) is 24.8 Å². The zero-order chi connectivity index (χ0) is 13.7. The SMILES string of the molecule is COCCNCc1cccc(Cl)c1N(C)C1CCC1. The Kier molecular flexibility index (Phi) is 5.49. The number of methoxy groups -OCH3 is 1. The minimum Gasteiger partial charge on any atom is -0.383 e. The number of ether oxygens (including phenoxy) is 1. The molecule has 0 bridgehead atoms. The number of anilines is 1. The van der Waals surface area contributed by atoms with Crippen molar-refractivity contribution in [3.63, 3.8) is 0 Å². The van der Waals surface area contributed by atoms with Crippen LogP contribution in [0.4, 0.5) is 5.69 Å². The van der Waals surface area contributed by atoms with Crippen LogP contribution in [0.25, 0.3) is 0 Å². The van der Waals surface area contributed by atoms with Gasteiger partial charge in [0.2, 0.25) is 0 Å². The highest BCUT2D eigenvalue weighted by atomic mass is 35.5. The Morgan fingerprint density at radius 3 is 2.84 bits per heavy atom. The molecule has 0 amide bonds. The minimum atomic E-state index is 0.651. The van der Waals surface area contributed by atoms with Crippen LogP contribution < -0.4 is 10.2 Å².